The third-order valence-electron chi connectivity index (χ3n) is 4.95. The van der Waals surface area contributed by atoms with E-state index in [9.17, 15) is 13.6 Å². The first-order chi connectivity index (χ1) is 11.6. The Morgan fingerprint density at radius 1 is 1.38 bits per heavy atom. The van der Waals surface area contributed by atoms with Gasteiger partial charge in [0.05, 0.1) is 5.52 Å². The molecular formula is C16H18F2N4O2. The minimum absolute atomic E-state index is 0.0329. The molecule has 3 aliphatic heterocycles. The van der Waals surface area contributed by atoms with Crippen molar-refractivity contribution in [2.45, 2.75) is 25.5 Å². The lowest BCUT2D eigenvalue weighted by atomic mass is 9.84. The van der Waals surface area contributed by atoms with Gasteiger partial charge in [-0.3, -0.25) is 9.89 Å². The molecule has 6 nitrogen and oxygen atoms in total. The van der Waals surface area contributed by atoms with Crippen LogP contribution in [0.1, 0.15) is 23.3 Å². The van der Waals surface area contributed by atoms with Crippen molar-refractivity contribution >= 4 is 16.8 Å². The predicted octanol–water partition coefficient (Wildman–Crippen LogP) is 1.99. The van der Waals surface area contributed by atoms with Crippen LogP contribution in [-0.4, -0.2) is 53.3 Å². The van der Waals surface area contributed by atoms with E-state index in [1.54, 1.807) is 6.07 Å². The SMILES string of the molecule is O=C(N[C@@H]1CN2CCC1CC2)c1n[nH]c2cc(OC(F)F)ccc12. The van der Waals surface area contributed by atoms with Gasteiger partial charge >= 0.3 is 6.61 Å². The van der Waals surface area contributed by atoms with Gasteiger partial charge in [0.1, 0.15) is 5.75 Å². The Morgan fingerprint density at radius 2 is 2.17 bits per heavy atom. The average molecular weight is 336 g/mol. The molecule has 0 saturated carbocycles. The number of aromatic nitrogens is 2. The fraction of sp³-hybridized carbons (Fsp3) is 0.500. The van der Waals surface area contributed by atoms with Gasteiger partial charge in [0.2, 0.25) is 0 Å². The molecule has 2 aromatic rings. The molecule has 8 heteroatoms. The van der Waals surface area contributed by atoms with E-state index in [1.165, 1.54) is 12.1 Å². The number of halogens is 2. The number of carbonyl (C=O) groups excluding carboxylic acids is 1. The molecule has 3 saturated heterocycles. The van der Waals surface area contributed by atoms with Gasteiger partial charge in [0.15, 0.2) is 5.69 Å². The maximum absolute atomic E-state index is 12.6. The molecule has 24 heavy (non-hydrogen) atoms. The van der Waals surface area contributed by atoms with Gasteiger partial charge in [-0.05, 0) is 44.0 Å². The van der Waals surface area contributed by atoms with Crippen LogP contribution >= 0.6 is 0 Å². The molecule has 0 unspecified atom stereocenters. The first kappa shape index (κ1) is 15.3. The minimum atomic E-state index is -2.88. The highest BCUT2D eigenvalue weighted by atomic mass is 19.3. The molecule has 4 heterocycles. The van der Waals surface area contributed by atoms with Crippen LogP contribution in [0.25, 0.3) is 10.9 Å². The number of amides is 1. The summed E-state index contributed by atoms with van der Waals surface area (Å²) in [5.41, 5.74) is 0.775. The zero-order valence-electron chi connectivity index (χ0n) is 13.0. The van der Waals surface area contributed by atoms with Crippen molar-refractivity contribution in [1.82, 2.24) is 20.4 Å². The summed E-state index contributed by atoms with van der Waals surface area (Å²) in [6.07, 6.45) is 2.22. The van der Waals surface area contributed by atoms with Gasteiger partial charge in [0, 0.05) is 24.0 Å². The summed E-state index contributed by atoms with van der Waals surface area (Å²) in [4.78, 5) is 14.9. The lowest BCUT2D eigenvalue weighted by molar-refractivity contribution is -0.0497. The van der Waals surface area contributed by atoms with Gasteiger partial charge in [-0.25, -0.2) is 0 Å². The average Bonchev–Trinajstić information content (AvgIpc) is 2.98. The number of alkyl halides is 2. The molecule has 5 rings (SSSR count). The van der Waals surface area contributed by atoms with E-state index in [4.69, 9.17) is 0 Å². The number of fused-ring (bicyclic) bond motifs is 4. The van der Waals surface area contributed by atoms with E-state index < -0.39 is 6.61 Å². The molecule has 3 aliphatic rings. The van der Waals surface area contributed by atoms with Crippen LogP contribution in [0.3, 0.4) is 0 Å². The van der Waals surface area contributed by atoms with Crippen LogP contribution in [0.4, 0.5) is 8.78 Å². The molecule has 1 atom stereocenters. The maximum Gasteiger partial charge on any atom is 0.387 e. The summed E-state index contributed by atoms with van der Waals surface area (Å²) in [5, 5.41) is 10.4. The lowest BCUT2D eigenvalue weighted by Gasteiger charge is -2.44. The monoisotopic (exact) mass is 336 g/mol. The number of H-pyrrole nitrogens is 1. The first-order valence-corrected chi connectivity index (χ1v) is 8.06. The number of nitrogens with zero attached hydrogens (tertiary/aromatic N) is 2. The molecule has 0 aliphatic carbocycles. The number of nitrogens with one attached hydrogen (secondary N) is 2. The van der Waals surface area contributed by atoms with Crippen LogP contribution in [-0.2, 0) is 0 Å². The Bertz CT molecular complexity index is 756. The van der Waals surface area contributed by atoms with Crippen LogP contribution in [0.2, 0.25) is 0 Å². The Morgan fingerprint density at radius 3 is 2.83 bits per heavy atom. The van der Waals surface area contributed by atoms with E-state index in [0.29, 0.717) is 16.8 Å². The summed E-state index contributed by atoms with van der Waals surface area (Å²) in [7, 11) is 0. The van der Waals surface area contributed by atoms with Crippen molar-refractivity contribution in [2.75, 3.05) is 19.6 Å². The quantitative estimate of drug-likeness (QED) is 0.896. The van der Waals surface area contributed by atoms with Crippen molar-refractivity contribution in [1.29, 1.82) is 0 Å². The zero-order valence-corrected chi connectivity index (χ0v) is 13.0. The number of hydrogen-bond acceptors (Lipinski definition) is 4. The highest BCUT2D eigenvalue weighted by molar-refractivity contribution is 6.05. The summed E-state index contributed by atoms with van der Waals surface area (Å²) in [6.45, 7) is 0.209. The maximum atomic E-state index is 12.6. The second-order valence-corrected chi connectivity index (χ2v) is 6.38. The molecule has 0 radical (unpaired) electrons. The van der Waals surface area contributed by atoms with Crippen molar-refractivity contribution in [3.05, 3.63) is 23.9 Å². The molecule has 128 valence electrons. The largest absolute Gasteiger partial charge is 0.435 e. The van der Waals surface area contributed by atoms with Crippen LogP contribution in [0.5, 0.6) is 5.75 Å². The molecule has 3 fully saturated rings. The van der Waals surface area contributed by atoms with E-state index in [0.717, 1.165) is 32.5 Å². The molecule has 0 spiro atoms. The predicted molar refractivity (Wildman–Crippen MR) is 83.1 cm³/mol. The third-order valence-corrected chi connectivity index (χ3v) is 4.95. The van der Waals surface area contributed by atoms with Crippen molar-refractivity contribution in [3.63, 3.8) is 0 Å². The summed E-state index contributed by atoms with van der Waals surface area (Å²) in [6, 6.07) is 4.55. The van der Waals surface area contributed by atoms with E-state index in [1.807, 2.05) is 0 Å². The second-order valence-electron chi connectivity index (χ2n) is 6.38. The Hall–Kier alpha value is -2.22. The topological polar surface area (TPSA) is 70.2 Å². The fourth-order valence-electron chi connectivity index (χ4n) is 3.71. The van der Waals surface area contributed by atoms with Crippen LogP contribution < -0.4 is 10.1 Å². The highest BCUT2D eigenvalue weighted by Gasteiger charge is 2.35. The number of hydrogen-bond donors (Lipinski definition) is 2. The van der Waals surface area contributed by atoms with Crippen molar-refractivity contribution < 1.29 is 18.3 Å². The fourth-order valence-corrected chi connectivity index (χ4v) is 3.71. The Kier molecular flexibility index (Phi) is 3.84. The molecule has 1 aromatic heterocycles. The normalized spacial score (nSPS) is 26.0. The number of piperidine rings is 3. The number of benzene rings is 1. The number of aromatic amines is 1. The summed E-state index contributed by atoms with van der Waals surface area (Å²) in [5.74, 6) is 0.322. The number of ether oxygens (including phenoxy) is 1. The number of carbonyl (C=O) groups is 1. The minimum Gasteiger partial charge on any atom is -0.435 e. The molecule has 1 aromatic carbocycles. The molecule has 2 N–H and O–H groups in total. The lowest BCUT2D eigenvalue weighted by Crippen LogP contribution is -2.57. The first-order valence-electron chi connectivity index (χ1n) is 8.06. The molecular weight excluding hydrogens is 318 g/mol. The van der Waals surface area contributed by atoms with Gasteiger partial charge in [-0.15, -0.1) is 0 Å². The smallest absolute Gasteiger partial charge is 0.387 e. The number of rotatable bonds is 4. The summed E-state index contributed by atoms with van der Waals surface area (Å²) < 4.78 is 28.9. The summed E-state index contributed by atoms with van der Waals surface area (Å²) >= 11 is 0. The van der Waals surface area contributed by atoms with E-state index in [-0.39, 0.29) is 23.4 Å². The molecule has 1 amide bonds. The van der Waals surface area contributed by atoms with Crippen LogP contribution in [0.15, 0.2) is 18.2 Å². The highest BCUT2D eigenvalue weighted by Crippen LogP contribution is 2.28. The van der Waals surface area contributed by atoms with Gasteiger partial charge in [-0.1, -0.05) is 0 Å². The zero-order chi connectivity index (χ0) is 16.7. The van der Waals surface area contributed by atoms with Gasteiger partial charge in [-0.2, -0.15) is 13.9 Å². The van der Waals surface area contributed by atoms with Crippen molar-refractivity contribution in [2.24, 2.45) is 5.92 Å². The van der Waals surface area contributed by atoms with Crippen LogP contribution in [0, 0.1) is 5.92 Å². The van der Waals surface area contributed by atoms with E-state index in [2.05, 4.69) is 25.2 Å². The van der Waals surface area contributed by atoms with Crippen molar-refractivity contribution in [3.8, 4) is 5.75 Å². The Labute approximate surface area is 137 Å². The second kappa shape index (κ2) is 6.01. The van der Waals surface area contributed by atoms with E-state index >= 15 is 0 Å². The standard InChI is InChI=1S/C16H18F2N4O2/c17-16(18)24-10-1-2-11-12(7-10)20-21-14(11)15(23)19-13-8-22-5-3-9(13)4-6-22/h1-2,7,9,13,16H,3-6,8H2,(H,19,23)(H,20,21)/t13-/m1/s1. The third kappa shape index (κ3) is 2.82. The van der Waals surface area contributed by atoms with Gasteiger partial charge in [0.25, 0.3) is 5.91 Å². The van der Waals surface area contributed by atoms with Gasteiger partial charge < -0.3 is 15.0 Å². The Balaban J connectivity index is 1.52. The molecule has 2 bridgehead atoms.